The number of pyridine rings is 1. The maximum atomic E-state index is 15.2. The second kappa shape index (κ2) is 7.39. The minimum absolute atomic E-state index is 0.0278. The van der Waals surface area contributed by atoms with Crippen molar-refractivity contribution in [3.63, 3.8) is 0 Å². The van der Waals surface area contributed by atoms with Crippen LogP contribution >= 0.6 is 11.3 Å². The fraction of sp³-hybridized carbons (Fsp3) is 0.381. The second-order valence-electron chi connectivity index (χ2n) is 7.63. The number of hydrogen-bond acceptors (Lipinski definition) is 6. The number of nitrogens with one attached hydrogen (secondary N) is 1. The molecule has 156 valence electrons. The Morgan fingerprint density at radius 2 is 2.10 bits per heavy atom. The highest BCUT2D eigenvalue weighted by molar-refractivity contribution is 7.13. The Bertz CT molecular complexity index is 1180. The number of amides is 1. The molecular formula is C21H21FN4O3S. The Hall–Kier alpha value is -2.94. The van der Waals surface area contributed by atoms with Gasteiger partial charge >= 0.3 is 0 Å². The number of rotatable bonds is 5. The SMILES string of the molecule is COc1c(N2CCCC2)c(F)cc2c(=O)c(C(=O)Nc3nccs3)cn(C3CC3)c12. The predicted molar refractivity (Wildman–Crippen MR) is 115 cm³/mol. The third-order valence-electron chi connectivity index (χ3n) is 5.66. The van der Waals surface area contributed by atoms with Gasteiger partial charge in [0, 0.05) is 36.9 Å². The number of carbonyl (C=O) groups is 1. The topological polar surface area (TPSA) is 76.5 Å². The van der Waals surface area contributed by atoms with Crippen LogP contribution in [0.2, 0.25) is 0 Å². The molecule has 1 amide bonds. The van der Waals surface area contributed by atoms with E-state index in [-0.39, 0.29) is 17.0 Å². The van der Waals surface area contributed by atoms with Crippen LogP contribution in [-0.2, 0) is 0 Å². The van der Waals surface area contributed by atoms with E-state index in [4.69, 9.17) is 4.74 Å². The van der Waals surface area contributed by atoms with E-state index in [1.54, 1.807) is 17.8 Å². The van der Waals surface area contributed by atoms with Crippen molar-refractivity contribution in [2.75, 3.05) is 30.4 Å². The molecule has 0 spiro atoms. The lowest BCUT2D eigenvalue weighted by molar-refractivity contribution is 0.102. The van der Waals surface area contributed by atoms with Gasteiger partial charge in [-0.2, -0.15) is 0 Å². The van der Waals surface area contributed by atoms with E-state index in [1.807, 2.05) is 9.47 Å². The number of fused-ring (bicyclic) bond motifs is 1. The zero-order valence-electron chi connectivity index (χ0n) is 16.5. The molecule has 30 heavy (non-hydrogen) atoms. The van der Waals surface area contributed by atoms with Crippen molar-refractivity contribution < 1.29 is 13.9 Å². The molecular weight excluding hydrogens is 407 g/mol. The van der Waals surface area contributed by atoms with Gasteiger partial charge in [0.25, 0.3) is 5.91 Å². The predicted octanol–water partition coefficient (Wildman–Crippen LogP) is 3.79. The van der Waals surface area contributed by atoms with Crippen LogP contribution in [0.4, 0.5) is 15.2 Å². The van der Waals surface area contributed by atoms with Crippen LogP contribution < -0.4 is 20.4 Å². The third-order valence-corrected chi connectivity index (χ3v) is 6.35. The van der Waals surface area contributed by atoms with Crippen molar-refractivity contribution in [1.82, 2.24) is 9.55 Å². The number of nitrogens with zero attached hydrogens (tertiary/aromatic N) is 3. The van der Waals surface area contributed by atoms with E-state index >= 15 is 4.39 Å². The molecule has 7 nitrogen and oxygen atoms in total. The summed E-state index contributed by atoms with van der Waals surface area (Å²) >= 11 is 1.27. The smallest absolute Gasteiger partial charge is 0.262 e. The van der Waals surface area contributed by atoms with Gasteiger partial charge in [-0.05, 0) is 31.7 Å². The monoisotopic (exact) mass is 428 g/mol. The van der Waals surface area contributed by atoms with Crippen molar-refractivity contribution in [3.8, 4) is 5.75 Å². The maximum Gasteiger partial charge on any atom is 0.262 e. The zero-order valence-corrected chi connectivity index (χ0v) is 17.3. The molecule has 2 aliphatic rings. The number of methoxy groups -OCH3 is 1. The van der Waals surface area contributed by atoms with E-state index < -0.39 is 17.2 Å². The molecule has 2 aromatic heterocycles. The molecule has 3 aromatic rings. The van der Waals surface area contributed by atoms with Gasteiger partial charge in [0.1, 0.15) is 11.3 Å². The molecule has 9 heteroatoms. The number of carbonyl (C=O) groups excluding carboxylic acids is 1. The summed E-state index contributed by atoms with van der Waals surface area (Å²) in [6, 6.07) is 1.41. The van der Waals surface area contributed by atoms with Crippen molar-refractivity contribution >= 4 is 39.0 Å². The minimum Gasteiger partial charge on any atom is -0.492 e. The van der Waals surface area contributed by atoms with Crippen molar-refractivity contribution in [2.24, 2.45) is 0 Å². The van der Waals surface area contributed by atoms with Gasteiger partial charge in [0.05, 0.1) is 18.0 Å². The molecule has 2 fully saturated rings. The molecule has 0 atom stereocenters. The molecule has 5 rings (SSSR count). The zero-order chi connectivity index (χ0) is 20.8. The normalized spacial score (nSPS) is 16.3. The summed E-state index contributed by atoms with van der Waals surface area (Å²) in [5, 5.41) is 4.95. The molecule has 0 unspecified atom stereocenters. The summed E-state index contributed by atoms with van der Waals surface area (Å²) in [4.78, 5) is 32.0. The number of ether oxygens (including phenoxy) is 1. The molecule has 1 aliphatic carbocycles. The summed E-state index contributed by atoms with van der Waals surface area (Å²) < 4.78 is 22.8. The first-order valence-corrected chi connectivity index (χ1v) is 10.9. The average Bonchev–Trinajstić information content (AvgIpc) is 3.20. The number of aromatic nitrogens is 2. The first-order valence-electron chi connectivity index (χ1n) is 9.99. The van der Waals surface area contributed by atoms with Crippen LogP contribution in [0.1, 0.15) is 42.1 Å². The van der Waals surface area contributed by atoms with Gasteiger partial charge in [0.2, 0.25) is 5.43 Å². The fourth-order valence-corrected chi connectivity index (χ4v) is 4.65. The fourth-order valence-electron chi connectivity index (χ4n) is 4.12. The number of thiazole rings is 1. The summed E-state index contributed by atoms with van der Waals surface area (Å²) in [6.07, 6.45) is 7.01. The molecule has 0 radical (unpaired) electrons. The second-order valence-corrected chi connectivity index (χ2v) is 8.53. The molecule has 1 aromatic carbocycles. The van der Waals surface area contributed by atoms with Crippen molar-refractivity contribution in [2.45, 2.75) is 31.7 Å². The van der Waals surface area contributed by atoms with E-state index in [2.05, 4.69) is 10.3 Å². The third kappa shape index (κ3) is 3.13. The summed E-state index contributed by atoms with van der Waals surface area (Å²) in [7, 11) is 1.50. The van der Waals surface area contributed by atoms with Gasteiger partial charge in [-0.3, -0.25) is 14.9 Å². The first-order chi connectivity index (χ1) is 14.6. The molecule has 3 heterocycles. The van der Waals surface area contributed by atoms with Gasteiger partial charge in [-0.15, -0.1) is 11.3 Å². The molecule has 0 bridgehead atoms. The van der Waals surface area contributed by atoms with E-state index in [0.717, 1.165) is 38.8 Å². The van der Waals surface area contributed by atoms with E-state index in [0.29, 0.717) is 22.1 Å². The van der Waals surface area contributed by atoms with Crippen molar-refractivity contribution in [1.29, 1.82) is 0 Å². The molecule has 1 saturated heterocycles. The molecule has 1 aliphatic heterocycles. The van der Waals surface area contributed by atoms with Gasteiger partial charge in [-0.1, -0.05) is 0 Å². The Labute approximate surface area is 176 Å². The lowest BCUT2D eigenvalue weighted by Crippen LogP contribution is -2.25. The highest BCUT2D eigenvalue weighted by Crippen LogP contribution is 2.44. The number of halogens is 1. The average molecular weight is 428 g/mol. The number of benzene rings is 1. The highest BCUT2D eigenvalue weighted by atomic mass is 32.1. The van der Waals surface area contributed by atoms with Crippen LogP contribution in [0.5, 0.6) is 5.75 Å². The summed E-state index contributed by atoms with van der Waals surface area (Å²) in [5.74, 6) is -0.685. The Balaban J connectivity index is 1.72. The standard InChI is InChI=1S/C21H21FN4O3S/c1-29-19-16-13(10-15(22)17(19)25-7-2-3-8-25)18(27)14(11-26(16)12-4-5-12)20(28)24-21-23-6-9-30-21/h6,9-12H,2-5,7-8H2,1H3,(H,23,24,28). The highest BCUT2D eigenvalue weighted by Gasteiger charge is 2.31. The first kappa shape index (κ1) is 19.0. The van der Waals surface area contributed by atoms with E-state index in [1.165, 1.54) is 24.5 Å². The molecule has 1 N–H and O–H groups in total. The van der Waals surface area contributed by atoms with Crippen molar-refractivity contribution in [3.05, 3.63) is 45.4 Å². The Morgan fingerprint density at radius 1 is 1.33 bits per heavy atom. The number of anilines is 2. The summed E-state index contributed by atoms with van der Waals surface area (Å²) in [5.41, 5.74) is 0.413. The van der Waals surface area contributed by atoms with Gasteiger partial charge in [0.15, 0.2) is 16.7 Å². The largest absolute Gasteiger partial charge is 0.492 e. The van der Waals surface area contributed by atoms with Crippen LogP contribution in [0.3, 0.4) is 0 Å². The lowest BCUT2D eigenvalue weighted by atomic mass is 10.1. The Kier molecular flexibility index (Phi) is 4.69. The molecule has 1 saturated carbocycles. The Morgan fingerprint density at radius 3 is 2.73 bits per heavy atom. The number of hydrogen-bond donors (Lipinski definition) is 1. The van der Waals surface area contributed by atoms with Gasteiger partial charge < -0.3 is 14.2 Å². The van der Waals surface area contributed by atoms with Crippen LogP contribution in [0.15, 0.2) is 28.6 Å². The maximum absolute atomic E-state index is 15.2. The lowest BCUT2D eigenvalue weighted by Gasteiger charge is -2.24. The summed E-state index contributed by atoms with van der Waals surface area (Å²) in [6.45, 7) is 1.50. The van der Waals surface area contributed by atoms with Crippen LogP contribution in [-0.4, -0.2) is 35.7 Å². The van der Waals surface area contributed by atoms with E-state index in [9.17, 15) is 9.59 Å². The minimum atomic E-state index is -0.547. The van der Waals surface area contributed by atoms with Crippen LogP contribution in [0.25, 0.3) is 10.9 Å². The van der Waals surface area contributed by atoms with Gasteiger partial charge in [-0.25, -0.2) is 9.37 Å². The van der Waals surface area contributed by atoms with Crippen LogP contribution in [0, 0.1) is 5.82 Å². The quantitative estimate of drug-likeness (QED) is 0.669.